The molecule has 1 spiro atoms. The first-order valence-electron chi connectivity index (χ1n) is 9.21. The molecule has 3 saturated heterocycles. The number of benzene rings is 1. The van der Waals surface area contributed by atoms with Crippen molar-refractivity contribution in [1.29, 1.82) is 0 Å². The molecule has 4 aliphatic rings. The number of fused-ring (bicyclic) bond motifs is 3. The van der Waals surface area contributed by atoms with Crippen molar-refractivity contribution in [1.82, 2.24) is 9.88 Å². The van der Waals surface area contributed by atoms with E-state index < -0.39 is 0 Å². The predicted octanol–water partition coefficient (Wildman–Crippen LogP) is 3.11. The van der Waals surface area contributed by atoms with Crippen molar-refractivity contribution in [2.75, 3.05) is 31.5 Å². The van der Waals surface area contributed by atoms with Crippen LogP contribution in [-0.2, 0) is 4.74 Å². The summed E-state index contributed by atoms with van der Waals surface area (Å²) < 4.78 is 6.34. The molecule has 1 aromatic carbocycles. The Bertz CT molecular complexity index is 869. The highest BCUT2D eigenvalue weighted by molar-refractivity contribution is 5.93. The molecule has 0 unspecified atom stereocenters. The van der Waals surface area contributed by atoms with E-state index in [0.29, 0.717) is 11.9 Å². The zero-order valence-electron chi connectivity index (χ0n) is 14.9. The van der Waals surface area contributed by atoms with Gasteiger partial charge in [-0.1, -0.05) is 6.07 Å². The van der Waals surface area contributed by atoms with Gasteiger partial charge in [0.25, 0.3) is 6.02 Å². The number of piperidine rings is 3. The Morgan fingerprint density at radius 2 is 1.88 bits per heavy atom. The van der Waals surface area contributed by atoms with Crippen molar-refractivity contribution >= 4 is 22.6 Å². The SMILES string of the molecule is Cc1cc2cnc(NC3=NC[C@@]4(CN5CCC4CC5)O3)cc2cc1C. The van der Waals surface area contributed by atoms with Gasteiger partial charge in [0.2, 0.25) is 0 Å². The summed E-state index contributed by atoms with van der Waals surface area (Å²) in [5.41, 5.74) is 2.48. The molecule has 1 aromatic heterocycles. The van der Waals surface area contributed by atoms with Crippen LogP contribution in [0.15, 0.2) is 29.4 Å². The third kappa shape index (κ3) is 2.49. The number of ether oxygens (including phenoxy) is 1. The number of amidine groups is 1. The number of rotatable bonds is 1. The average Bonchev–Trinajstić information content (AvgIpc) is 2.99. The normalized spacial score (nSPS) is 30.6. The minimum Gasteiger partial charge on any atom is -0.455 e. The van der Waals surface area contributed by atoms with Crippen LogP contribution >= 0.6 is 0 Å². The molecular formula is C20H24N4O. The van der Waals surface area contributed by atoms with Gasteiger partial charge in [-0.15, -0.1) is 0 Å². The molecule has 6 rings (SSSR count). The molecule has 0 aliphatic carbocycles. The Hall–Kier alpha value is -2.14. The van der Waals surface area contributed by atoms with E-state index in [2.05, 4.69) is 52.2 Å². The number of hydrogen-bond donors (Lipinski definition) is 1. The molecule has 5 nitrogen and oxygen atoms in total. The van der Waals surface area contributed by atoms with Crippen molar-refractivity contribution in [3.63, 3.8) is 0 Å². The van der Waals surface area contributed by atoms with Crippen molar-refractivity contribution in [3.05, 3.63) is 35.5 Å². The van der Waals surface area contributed by atoms with E-state index in [-0.39, 0.29) is 5.60 Å². The first-order valence-corrected chi connectivity index (χ1v) is 9.21. The fourth-order valence-corrected chi connectivity index (χ4v) is 4.55. The minimum absolute atomic E-state index is 0.108. The third-order valence-electron chi connectivity index (χ3n) is 6.18. The average molecular weight is 336 g/mol. The van der Waals surface area contributed by atoms with Gasteiger partial charge in [0.15, 0.2) is 0 Å². The van der Waals surface area contributed by atoms with Crippen molar-refractivity contribution < 1.29 is 4.74 Å². The molecule has 4 aliphatic heterocycles. The molecular weight excluding hydrogens is 312 g/mol. The van der Waals surface area contributed by atoms with E-state index in [1.807, 2.05) is 6.20 Å². The molecule has 1 N–H and O–H groups in total. The van der Waals surface area contributed by atoms with Gasteiger partial charge in [-0.2, -0.15) is 0 Å². The molecule has 0 amide bonds. The summed E-state index contributed by atoms with van der Waals surface area (Å²) in [6.07, 6.45) is 4.38. The smallest absolute Gasteiger partial charge is 0.291 e. The molecule has 5 heteroatoms. The molecule has 130 valence electrons. The van der Waals surface area contributed by atoms with Crippen LogP contribution in [0.25, 0.3) is 10.8 Å². The molecule has 0 saturated carbocycles. The number of pyridine rings is 1. The third-order valence-corrected chi connectivity index (χ3v) is 6.18. The highest BCUT2D eigenvalue weighted by Crippen LogP contribution is 2.40. The molecule has 1 atom stereocenters. The monoisotopic (exact) mass is 336 g/mol. The second-order valence-corrected chi connectivity index (χ2v) is 7.82. The lowest BCUT2D eigenvalue weighted by Crippen LogP contribution is -2.61. The van der Waals surface area contributed by atoms with Gasteiger partial charge in [0.1, 0.15) is 11.4 Å². The second-order valence-electron chi connectivity index (χ2n) is 7.82. The molecule has 25 heavy (non-hydrogen) atoms. The summed E-state index contributed by atoms with van der Waals surface area (Å²) >= 11 is 0. The van der Waals surface area contributed by atoms with Gasteiger partial charge in [-0.05, 0) is 68.4 Å². The summed E-state index contributed by atoms with van der Waals surface area (Å²) in [5, 5.41) is 5.65. The topological polar surface area (TPSA) is 49.8 Å². The van der Waals surface area contributed by atoms with E-state index in [1.54, 1.807) is 0 Å². The zero-order valence-corrected chi connectivity index (χ0v) is 14.9. The number of aliphatic imine (C=N–C) groups is 1. The largest absolute Gasteiger partial charge is 0.455 e. The highest BCUT2D eigenvalue weighted by atomic mass is 16.5. The fourth-order valence-electron chi connectivity index (χ4n) is 4.55. The quantitative estimate of drug-likeness (QED) is 0.869. The molecule has 2 aromatic rings. The van der Waals surface area contributed by atoms with Crippen LogP contribution in [0.4, 0.5) is 5.82 Å². The molecule has 5 heterocycles. The molecule has 0 radical (unpaired) electrons. The predicted molar refractivity (Wildman–Crippen MR) is 100 cm³/mol. The Balaban J connectivity index is 1.36. The number of nitrogens with one attached hydrogen (secondary N) is 1. The van der Waals surface area contributed by atoms with Gasteiger partial charge in [-0.3, -0.25) is 10.2 Å². The Labute approximate surface area is 148 Å². The summed E-state index contributed by atoms with van der Waals surface area (Å²) in [7, 11) is 0. The van der Waals surface area contributed by atoms with E-state index in [0.717, 1.165) is 24.3 Å². The summed E-state index contributed by atoms with van der Waals surface area (Å²) in [6, 6.07) is 7.11. The molecule has 2 bridgehead atoms. The van der Waals surface area contributed by atoms with Crippen LogP contribution < -0.4 is 5.32 Å². The van der Waals surface area contributed by atoms with Crippen LogP contribution in [0.1, 0.15) is 24.0 Å². The Kier molecular flexibility index (Phi) is 3.29. The standard InChI is InChI=1S/C20H24N4O/c1-13-7-15-9-18(21-10-16(15)8-14(13)2)23-19-22-11-20(25-19)12-24-5-3-17(20)4-6-24/h7-10,17H,3-6,11-12H2,1-2H3,(H,21,22,23)/t20-/m0/s1. The zero-order chi connectivity index (χ0) is 17.0. The lowest BCUT2D eigenvalue weighted by molar-refractivity contribution is -0.0829. The van der Waals surface area contributed by atoms with Gasteiger partial charge in [-0.25, -0.2) is 9.98 Å². The lowest BCUT2D eigenvalue weighted by atomic mass is 9.75. The molecule has 3 fully saturated rings. The van der Waals surface area contributed by atoms with Crippen LogP contribution in [0.5, 0.6) is 0 Å². The van der Waals surface area contributed by atoms with Crippen LogP contribution in [0, 0.1) is 19.8 Å². The van der Waals surface area contributed by atoms with Crippen molar-refractivity contribution in [3.8, 4) is 0 Å². The number of hydrogen-bond acceptors (Lipinski definition) is 5. The number of aryl methyl sites for hydroxylation is 2. The maximum Gasteiger partial charge on any atom is 0.291 e. The minimum atomic E-state index is -0.108. The lowest BCUT2D eigenvalue weighted by Gasteiger charge is -2.50. The summed E-state index contributed by atoms with van der Waals surface area (Å²) in [4.78, 5) is 11.7. The summed E-state index contributed by atoms with van der Waals surface area (Å²) in [6.45, 7) is 8.48. The first-order chi connectivity index (χ1) is 12.1. The number of aromatic nitrogens is 1. The van der Waals surface area contributed by atoms with Gasteiger partial charge in [0, 0.05) is 24.0 Å². The van der Waals surface area contributed by atoms with Gasteiger partial charge < -0.3 is 4.74 Å². The van der Waals surface area contributed by atoms with Crippen molar-refractivity contribution in [2.24, 2.45) is 10.9 Å². The van der Waals surface area contributed by atoms with Gasteiger partial charge in [0.05, 0.1) is 6.54 Å². The highest BCUT2D eigenvalue weighted by Gasteiger charge is 2.51. The van der Waals surface area contributed by atoms with Crippen molar-refractivity contribution in [2.45, 2.75) is 32.3 Å². The summed E-state index contributed by atoms with van der Waals surface area (Å²) in [5.74, 6) is 1.43. The van der Waals surface area contributed by atoms with E-state index >= 15 is 0 Å². The number of nitrogens with zero attached hydrogens (tertiary/aromatic N) is 3. The van der Waals surface area contributed by atoms with Gasteiger partial charge >= 0.3 is 0 Å². The maximum absolute atomic E-state index is 6.34. The van der Waals surface area contributed by atoms with Crippen LogP contribution in [0.3, 0.4) is 0 Å². The van der Waals surface area contributed by atoms with Crippen LogP contribution in [0.2, 0.25) is 0 Å². The Morgan fingerprint density at radius 3 is 2.60 bits per heavy atom. The number of anilines is 1. The first kappa shape index (κ1) is 15.1. The van der Waals surface area contributed by atoms with E-state index in [1.165, 1.54) is 42.4 Å². The van der Waals surface area contributed by atoms with Crippen LogP contribution in [-0.4, -0.2) is 47.7 Å². The maximum atomic E-state index is 6.34. The fraction of sp³-hybridized carbons (Fsp3) is 0.500. The Morgan fingerprint density at radius 1 is 1.12 bits per heavy atom. The van der Waals surface area contributed by atoms with E-state index in [9.17, 15) is 0 Å². The van der Waals surface area contributed by atoms with E-state index in [4.69, 9.17) is 4.74 Å². The second kappa shape index (κ2) is 5.43.